The Morgan fingerprint density at radius 2 is 1.71 bits per heavy atom. The lowest BCUT2D eigenvalue weighted by atomic mass is 9.95. The monoisotopic (exact) mass is 493 g/mol. The standard InChI is InChI=1S/C27H24ClNO6/c1-15(2)35-19-10-7-16(8-11-19)25(31)23-24(17-9-12-22(30)21(28)13-17)29(27(33)26(23)32)18-5-4-6-20(14-18)34-3/h4-15,24,30-31H,1-3H3/b25-23-. The van der Waals surface area contributed by atoms with Gasteiger partial charge in [0.2, 0.25) is 0 Å². The Balaban J connectivity index is 1.89. The molecule has 1 aliphatic rings. The van der Waals surface area contributed by atoms with Gasteiger partial charge in [-0.05, 0) is 67.9 Å². The summed E-state index contributed by atoms with van der Waals surface area (Å²) in [5, 5.41) is 21.2. The zero-order chi connectivity index (χ0) is 25.3. The zero-order valence-electron chi connectivity index (χ0n) is 19.4. The predicted molar refractivity (Wildman–Crippen MR) is 133 cm³/mol. The first-order valence-corrected chi connectivity index (χ1v) is 11.3. The number of nitrogens with zero attached hydrogens (tertiary/aromatic N) is 1. The van der Waals surface area contributed by atoms with E-state index in [4.69, 9.17) is 21.1 Å². The molecule has 3 aromatic rings. The molecular formula is C27H24ClNO6. The Morgan fingerprint density at radius 1 is 1.00 bits per heavy atom. The molecule has 0 bridgehead atoms. The van der Waals surface area contributed by atoms with E-state index in [9.17, 15) is 19.8 Å². The Bertz CT molecular complexity index is 1320. The van der Waals surface area contributed by atoms with Gasteiger partial charge in [0, 0.05) is 17.3 Å². The molecule has 35 heavy (non-hydrogen) atoms. The molecule has 1 atom stereocenters. The molecule has 0 radical (unpaired) electrons. The number of Topliss-reactive ketones (excluding diaryl/α,β-unsaturated/α-hetero) is 1. The first kappa shape index (κ1) is 24.2. The minimum atomic E-state index is -0.994. The van der Waals surface area contributed by atoms with Crippen molar-refractivity contribution in [2.24, 2.45) is 0 Å². The van der Waals surface area contributed by atoms with Crippen LogP contribution in [0.15, 0.2) is 72.3 Å². The minimum Gasteiger partial charge on any atom is -0.507 e. The quantitative estimate of drug-likeness (QED) is 0.268. The number of anilines is 1. The molecule has 1 unspecified atom stereocenters. The van der Waals surface area contributed by atoms with Gasteiger partial charge in [0.15, 0.2) is 0 Å². The molecular weight excluding hydrogens is 470 g/mol. The molecule has 2 N–H and O–H groups in total. The zero-order valence-corrected chi connectivity index (χ0v) is 20.1. The highest BCUT2D eigenvalue weighted by molar-refractivity contribution is 6.51. The highest BCUT2D eigenvalue weighted by Crippen LogP contribution is 2.44. The summed E-state index contributed by atoms with van der Waals surface area (Å²) < 4.78 is 10.9. The Morgan fingerprint density at radius 3 is 2.34 bits per heavy atom. The lowest BCUT2D eigenvalue weighted by molar-refractivity contribution is -0.132. The van der Waals surface area contributed by atoms with Crippen molar-refractivity contribution >= 4 is 34.7 Å². The molecule has 180 valence electrons. The van der Waals surface area contributed by atoms with Crippen LogP contribution in [0, 0.1) is 0 Å². The van der Waals surface area contributed by atoms with Gasteiger partial charge in [-0.3, -0.25) is 14.5 Å². The fraction of sp³-hybridized carbons (Fsp3) is 0.185. The van der Waals surface area contributed by atoms with E-state index >= 15 is 0 Å². The first-order valence-electron chi connectivity index (χ1n) is 10.9. The van der Waals surface area contributed by atoms with Crippen molar-refractivity contribution in [3.8, 4) is 17.2 Å². The fourth-order valence-electron chi connectivity index (χ4n) is 3.99. The SMILES string of the molecule is COc1cccc(N2C(=O)C(=O)/C(=C(\O)c3ccc(OC(C)C)cc3)C2c2ccc(O)c(Cl)c2)c1. The van der Waals surface area contributed by atoms with Gasteiger partial charge in [0.05, 0.1) is 29.9 Å². The lowest BCUT2D eigenvalue weighted by Crippen LogP contribution is -2.29. The summed E-state index contributed by atoms with van der Waals surface area (Å²) in [5.74, 6) is -1.04. The highest BCUT2D eigenvalue weighted by atomic mass is 35.5. The van der Waals surface area contributed by atoms with Gasteiger partial charge in [-0.1, -0.05) is 23.7 Å². The van der Waals surface area contributed by atoms with Gasteiger partial charge in [0.25, 0.3) is 11.7 Å². The Kier molecular flexibility index (Phi) is 6.71. The van der Waals surface area contributed by atoms with Crippen LogP contribution in [0.2, 0.25) is 5.02 Å². The van der Waals surface area contributed by atoms with Gasteiger partial charge in [-0.2, -0.15) is 0 Å². The van der Waals surface area contributed by atoms with Crippen LogP contribution in [0.1, 0.15) is 31.0 Å². The Labute approximate surface area is 207 Å². The number of ether oxygens (including phenoxy) is 2. The number of methoxy groups -OCH3 is 1. The summed E-state index contributed by atoms with van der Waals surface area (Å²) in [7, 11) is 1.50. The molecule has 1 heterocycles. The van der Waals surface area contributed by atoms with E-state index in [-0.39, 0.29) is 28.2 Å². The third-order valence-electron chi connectivity index (χ3n) is 5.56. The highest BCUT2D eigenvalue weighted by Gasteiger charge is 2.47. The molecule has 1 aliphatic heterocycles. The molecule has 0 spiro atoms. The number of aliphatic hydroxyl groups excluding tert-OH is 1. The van der Waals surface area contributed by atoms with E-state index in [0.717, 1.165) is 0 Å². The molecule has 1 saturated heterocycles. The maximum atomic E-state index is 13.3. The van der Waals surface area contributed by atoms with Crippen LogP contribution in [-0.2, 0) is 9.59 Å². The van der Waals surface area contributed by atoms with Crippen LogP contribution in [0.25, 0.3) is 5.76 Å². The number of aromatic hydroxyl groups is 1. The average Bonchev–Trinajstić information content (AvgIpc) is 3.11. The topological polar surface area (TPSA) is 96.3 Å². The summed E-state index contributed by atoms with van der Waals surface area (Å²) in [6, 6.07) is 16.7. The number of ketones is 1. The van der Waals surface area contributed by atoms with Gasteiger partial charge in [0.1, 0.15) is 23.0 Å². The van der Waals surface area contributed by atoms with E-state index in [2.05, 4.69) is 0 Å². The van der Waals surface area contributed by atoms with Gasteiger partial charge in [-0.25, -0.2) is 0 Å². The maximum Gasteiger partial charge on any atom is 0.300 e. The normalized spacial score (nSPS) is 17.2. The second-order valence-corrected chi connectivity index (χ2v) is 8.68. The number of hydrogen-bond acceptors (Lipinski definition) is 6. The number of phenolic OH excluding ortho intramolecular Hbond substituents is 1. The summed E-state index contributed by atoms with van der Waals surface area (Å²) >= 11 is 6.16. The third-order valence-corrected chi connectivity index (χ3v) is 5.87. The van der Waals surface area contributed by atoms with Crippen molar-refractivity contribution in [1.29, 1.82) is 0 Å². The van der Waals surface area contributed by atoms with Crippen LogP contribution in [0.4, 0.5) is 5.69 Å². The number of aliphatic hydroxyl groups is 1. The molecule has 1 amide bonds. The van der Waals surface area contributed by atoms with Gasteiger partial charge < -0.3 is 19.7 Å². The first-order chi connectivity index (χ1) is 16.7. The fourth-order valence-corrected chi connectivity index (χ4v) is 4.18. The van der Waals surface area contributed by atoms with Gasteiger partial charge >= 0.3 is 0 Å². The smallest absolute Gasteiger partial charge is 0.300 e. The molecule has 8 heteroatoms. The number of amides is 1. The molecule has 0 aromatic heterocycles. The van der Waals surface area contributed by atoms with Crippen LogP contribution < -0.4 is 14.4 Å². The lowest BCUT2D eigenvalue weighted by Gasteiger charge is -2.26. The summed E-state index contributed by atoms with van der Waals surface area (Å²) in [5.41, 5.74) is 1.09. The van der Waals surface area contributed by atoms with Crippen molar-refractivity contribution < 1.29 is 29.3 Å². The number of halogens is 1. The number of rotatable bonds is 6. The number of hydrogen-bond donors (Lipinski definition) is 2. The van der Waals surface area contributed by atoms with Crippen molar-refractivity contribution in [1.82, 2.24) is 0 Å². The van der Waals surface area contributed by atoms with E-state index in [0.29, 0.717) is 28.3 Å². The van der Waals surface area contributed by atoms with E-state index in [1.54, 1.807) is 54.6 Å². The van der Waals surface area contributed by atoms with Crippen molar-refractivity contribution in [2.75, 3.05) is 12.0 Å². The summed E-state index contributed by atoms with van der Waals surface area (Å²) in [4.78, 5) is 27.8. The van der Waals surface area contributed by atoms with Gasteiger partial charge in [-0.15, -0.1) is 0 Å². The van der Waals surface area contributed by atoms with Crippen molar-refractivity contribution in [3.05, 3.63) is 88.5 Å². The summed E-state index contributed by atoms with van der Waals surface area (Å²) in [6.45, 7) is 3.80. The number of carbonyl (C=O) groups excluding carboxylic acids is 2. The second-order valence-electron chi connectivity index (χ2n) is 8.27. The average molecular weight is 494 g/mol. The third kappa shape index (κ3) is 4.68. The van der Waals surface area contributed by atoms with Crippen LogP contribution in [0.5, 0.6) is 17.2 Å². The largest absolute Gasteiger partial charge is 0.507 e. The van der Waals surface area contributed by atoms with E-state index < -0.39 is 17.7 Å². The van der Waals surface area contributed by atoms with Crippen LogP contribution in [-0.4, -0.2) is 35.1 Å². The molecule has 7 nitrogen and oxygen atoms in total. The molecule has 4 rings (SSSR count). The number of benzene rings is 3. The van der Waals surface area contributed by atoms with Crippen LogP contribution in [0.3, 0.4) is 0 Å². The maximum absolute atomic E-state index is 13.3. The number of phenols is 1. The minimum absolute atomic E-state index is 0.0260. The van der Waals surface area contributed by atoms with E-state index in [1.807, 2.05) is 13.8 Å². The molecule has 1 fully saturated rings. The predicted octanol–water partition coefficient (Wildman–Crippen LogP) is 5.47. The summed E-state index contributed by atoms with van der Waals surface area (Å²) in [6.07, 6.45) is -0.0260. The van der Waals surface area contributed by atoms with Crippen LogP contribution >= 0.6 is 11.6 Å². The molecule has 3 aromatic carbocycles. The van der Waals surface area contributed by atoms with E-state index in [1.165, 1.54) is 24.1 Å². The van der Waals surface area contributed by atoms with Crippen molar-refractivity contribution in [2.45, 2.75) is 26.0 Å². The number of carbonyl (C=O) groups is 2. The van der Waals surface area contributed by atoms with Crippen molar-refractivity contribution in [3.63, 3.8) is 0 Å². The molecule has 0 aliphatic carbocycles. The second kappa shape index (κ2) is 9.72. The molecule has 0 saturated carbocycles. The Hall–Kier alpha value is -3.97.